The Morgan fingerprint density at radius 3 is 2.00 bits per heavy atom. The lowest BCUT2D eigenvalue weighted by Gasteiger charge is -2.15. The summed E-state index contributed by atoms with van der Waals surface area (Å²) in [5, 5.41) is 0. The minimum absolute atomic E-state index is 0. The monoisotopic (exact) mass is 203 g/mol. The van der Waals surface area contributed by atoms with E-state index in [0.29, 0.717) is 5.92 Å². The molecule has 0 saturated heterocycles. The van der Waals surface area contributed by atoms with Crippen molar-refractivity contribution in [3.63, 3.8) is 0 Å². The van der Waals surface area contributed by atoms with Crippen molar-refractivity contribution in [2.24, 2.45) is 11.7 Å². The van der Waals surface area contributed by atoms with E-state index in [1.54, 1.807) is 12.1 Å². The fourth-order valence-corrected chi connectivity index (χ4v) is 1.07. The van der Waals surface area contributed by atoms with Gasteiger partial charge in [-0.2, -0.15) is 0 Å². The van der Waals surface area contributed by atoms with Crippen LogP contribution >= 0.6 is 12.4 Å². The molecule has 1 atom stereocenters. The molecule has 0 bridgehead atoms. The van der Waals surface area contributed by atoms with Crippen LogP contribution in [0.5, 0.6) is 0 Å². The molecular weight excluding hydrogens is 189 g/mol. The minimum Gasteiger partial charge on any atom is -0.324 e. The van der Waals surface area contributed by atoms with Gasteiger partial charge in [-0.15, -0.1) is 12.4 Å². The molecule has 0 aromatic heterocycles. The first-order valence-electron chi connectivity index (χ1n) is 4.12. The normalized spacial score (nSPS) is 12.4. The van der Waals surface area contributed by atoms with Gasteiger partial charge < -0.3 is 5.73 Å². The van der Waals surface area contributed by atoms with Crippen LogP contribution in [0.25, 0.3) is 0 Å². The number of benzene rings is 1. The molecule has 0 aliphatic rings. The molecule has 0 spiro atoms. The van der Waals surface area contributed by atoms with Gasteiger partial charge in [-0.3, -0.25) is 0 Å². The summed E-state index contributed by atoms with van der Waals surface area (Å²) in [4.78, 5) is 0. The molecule has 0 aliphatic heterocycles. The maximum Gasteiger partial charge on any atom is 0.123 e. The average molecular weight is 204 g/mol. The molecule has 0 saturated carbocycles. The molecule has 3 heteroatoms. The number of rotatable bonds is 2. The lowest BCUT2D eigenvalue weighted by Crippen LogP contribution is -2.16. The Bertz CT molecular complexity index is 246. The van der Waals surface area contributed by atoms with Gasteiger partial charge in [0.05, 0.1) is 0 Å². The van der Waals surface area contributed by atoms with E-state index in [4.69, 9.17) is 5.73 Å². The van der Waals surface area contributed by atoms with E-state index in [1.165, 1.54) is 12.1 Å². The van der Waals surface area contributed by atoms with E-state index in [9.17, 15) is 4.39 Å². The lowest BCUT2D eigenvalue weighted by molar-refractivity contribution is 0.513. The van der Waals surface area contributed by atoms with Crippen LogP contribution in [0.4, 0.5) is 4.39 Å². The average Bonchev–Trinajstić information content (AvgIpc) is 2.04. The van der Waals surface area contributed by atoms with E-state index in [0.717, 1.165) is 5.56 Å². The number of nitrogens with two attached hydrogens (primary N) is 1. The Hall–Kier alpha value is -0.600. The molecule has 2 N–H and O–H groups in total. The summed E-state index contributed by atoms with van der Waals surface area (Å²) in [5.74, 6) is 0.171. The molecule has 0 heterocycles. The van der Waals surface area contributed by atoms with Gasteiger partial charge >= 0.3 is 0 Å². The molecule has 1 aromatic carbocycles. The van der Waals surface area contributed by atoms with Crippen molar-refractivity contribution < 1.29 is 4.39 Å². The third-order valence-corrected chi connectivity index (χ3v) is 1.97. The second kappa shape index (κ2) is 5.20. The van der Waals surface area contributed by atoms with Gasteiger partial charge in [0, 0.05) is 6.04 Å². The molecule has 74 valence electrons. The lowest BCUT2D eigenvalue weighted by atomic mass is 9.97. The van der Waals surface area contributed by atoms with Crippen LogP contribution < -0.4 is 5.73 Å². The van der Waals surface area contributed by atoms with Crippen LogP contribution in [-0.4, -0.2) is 0 Å². The van der Waals surface area contributed by atoms with Gasteiger partial charge in [-0.05, 0) is 23.6 Å². The summed E-state index contributed by atoms with van der Waals surface area (Å²) in [6.45, 7) is 4.10. The molecule has 1 nitrogen and oxygen atoms in total. The van der Waals surface area contributed by atoms with Gasteiger partial charge in [0.15, 0.2) is 0 Å². The molecule has 1 aromatic rings. The molecule has 1 rings (SSSR count). The van der Waals surface area contributed by atoms with Gasteiger partial charge in [0.25, 0.3) is 0 Å². The highest BCUT2D eigenvalue weighted by Crippen LogP contribution is 2.18. The smallest absolute Gasteiger partial charge is 0.123 e. The first-order valence-corrected chi connectivity index (χ1v) is 4.12. The molecule has 0 radical (unpaired) electrons. The Morgan fingerprint density at radius 2 is 1.62 bits per heavy atom. The van der Waals surface area contributed by atoms with Crippen LogP contribution in [0, 0.1) is 11.7 Å². The molecule has 0 unspecified atom stereocenters. The zero-order chi connectivity index (χ0) is 9.14. The summed E-state index contributed by atoms with van der Waals surface area (Å²) < 4.78 is 12.5. The van der Waals surface area contributed by atoms with Crippen LogP contribution in [0.2, 0.25) is 0 Å². The van der Waals surface area contributed by atoms with Gasteiger partial charge in [-0.25, -0.2) is 4.39 Å². The highest BCUT2D eigenvalue weighted by atomic mass is 35.5. The molecular formula is C10H15ClFN. The van der Waals surface area contributed by atoms with Crippen molar-refractivity contribution in [1.29, 1.82) is 0 Å². The van der Waals surface area contributed by atoms with Gasteiger partial charge in [0.2, 0.25) is 0 Å². The second-order valence-corrected chi connectivity index (χ2v) is 3.32. The summed E-state index contributed by atoms with van der Waals surface area (Å²) in [6, 6.07) is 6.36. The second-order valence-electron chi connectivity index (χ2n) is 3.32. The quantitative estimate of drug-likeness (QED) is 0.786. The Balaban J connectivity index is 0.00000144. The number of hydrogen-bond donors (Lipinski definition) is 1. The van der Waals surface area contributed by atoms with Gasteiger partial charge in [0.1, 0.15) is 5.82 Å². The minimum atomic E-state index is -0.213. The maximum atomic E-state index is 12.5. The van der Waals surface area contributed by atoms with E-state index >= 15 is 0 Å². The predicted molar refractivity (Wildman–Crippen MR) is 55.4 cm³/mol. The van der Waals surface area contributed by atoms with Crippen molar-refractivity contribution in [2.75, 3.05) is 0 Å². The van der Waals surface area contributed by atoms with Crippen molar-refractivity contribution >= 4 is 12.4 Å². The first kappa shape index (κ1) is 12.4. The molecule has 13 heavy (non-hydrogen) atoms. The summed E-state index contributed by atoms with van der Waals surface area (Å²) in [6.07, 6.45) is 0. The van der Waals surface area contributed by atoms with E-state index in [1.807, 2.05) is 13.8 Å². The zero-order valence-corrected chi connectivity index (χ0v) is 8.64. The number of halogens is 2. The third kappa shape index (κ3) is 3.33. The highest BCUT2D eigenvalue weighted by Gasteiger charge is 2.09. The standard InChI is InChI=1S/C10H14FN.ClH/c1-7(2)10(12)8-3-5-9(11)6-4-8;/h3-7,10H,12H2,1-2H3;1H/t10-;/m0./s1. The molecule has 0 aliphatic carbocycles. The van der Waals surface area contributed by atoms with Crippen molar-refractivity contribution in [2.45, 2.75) is 19.9 Å². The van der Waals surface area contributed by atoms with E-state index in [2.05, 4.69) is 0 Å². The summed E-state index contributed by atoms with van der Waals surface area (Å²) >= 11 is 0. The molecule has 0 fully saturated rings. The Labute approximate surface area is 84.5 Å². The zero-order valence-electron chi connectivity index (χ0n) is 7.83. The predicted octanol–water partition coefficient (Wildman–Crippen LogP) is 2.90. The Morgan fingerprint density at radius 1 is 1.15 bits per heavy atom. The summed E-state index contributed by atoms with van der Waals surface area (Å²) in [5.41, 5.74) is 6.86. The van der Waals surface area contributed by atoms with Crippen LogP contribution in [0.3, 0.4) is 0 Å². The third-order valence-electron chi connectivity index (χ3n) is 1.97. The maximum absolute atomic E-state index is 12.5. The van der Waals surface area contributed by atoms with Crippen molar-refractivity contribution in [1.82, 2.24) is 0 Å². The van der Waals surface area contributed by atoms with E-state index in [-0.39, 0.29) is 24.3 Å². The topological polar surface area (TPSA) is 26.0 Å². The van der Waals surface area contributed by atoms with Crippen LogP contribution in [0.15, 0.2) is 24.3 Å². The van der Waals surface area contributed by atoms with Crippen molar-refractivity contribution in [3.05, 3.63) is 35.6 Å². The fraction of sp³-hybridized carbons (Fsp3) is 0.400. The van der Waals surface area contributed by atoms with Crippen LogP contribution in [-0.2, 0) is 0 Å². The highest BCUT2D eigenvalue weighted by molar-refractivity contribution is 5.85. The van der Waals surface area contributed by atoms with Gasteiger partial charge in [-0.1, -0.05) is 26.0 Å². The summed E-state index contributed by atoms with van der Waals surface area (Å²) in [7, 11) is 0. The number of hydrogen-bond acceptors (Lipinski definition) is 1. The largest absolute Gasteiger partial charge is 0.324 e. The molecule has 0 amide bonds. The Kier molecular flexibility index (Phi) is 4.96. The SMILES string of the molecule is CC(C)[C@H](N)c1ccc(F)cc1.Cl. The van der Waals surface area contributed by atoms with E-state index < -0.39 is 0 Å². The fourth-order valence-electron chi connectivity index (χ4n) is 1.07. The van der Waals surface area contributed by atoms with Crippen molar-refractivity contribution in [3.8, 4) is 0 Å². The first-order chi connectivity index (χ1) is 5.61. The van der Waals surface area contributed by atoms with Crippen LogP contribution in [0.1, 0.15) is 25.5 Å².